The van der Waals surface area contributed by atoms with Gasteiger partial charge in [0.15, 0.2) is 0 Å². The van der Waals surface area contributed by atoms with Crippen LogP contribution >= 0.6 is 0 Å². The van der Waals surface area contributed by atoms with E-state index in [9.17, 15) is 0 Å². The lowest BCUT2D eigenvalue weighted by molar-refractivity contribution is 0.00102. The maximum Gasteiger partial charge on any atom is 0.0624 e. The molecule has 3 heteroatoms. The Hall–Kier alpha value is -0.120. The third-order valence-corrected chi connectivity index (χ3v) is 4.14. The highest BCUT2D eigenvalue weighted by molar-refractivity contribution is 4.90. The van der Waals surface area contributed by atoms with Gasteiger partial charge < -0.3 is 10.1 Å². The van der Waals surface area contributed by atoms with Crippen LogP contribution in [0.3, 0.4) is 0 Å². The Morgan fingerprint density at radius 1 is 1.28 bits per heavy atom. The Bertz CT molecular complexity index is 231. The van der Waals surface area contributed by atoms with Crippen LogP contribution in [-0.4, -0.2) is 49.3 Å². The molecule has 0 amide bonds. The fourth-order valence-corrected chi connectivity index (χ4v) is 2.73. The van der Waals surface area contributed by atoms with Crippen molar-refractivity contribution in [3.8, 4) is 0 Å². The summed E-state index contributed by atoms with van der Waals surface area (Å²) < 4.78 is 5.69. The Balaban J connectivity index is 2.67. The lowest BCUT2D eigenvalue weighted by Gasteiger charge is -2.45. The standard InChI is InChI=1S/C15H32N2O/c1-7-18-10-15(12(4)5)17-9-14(11(2)3)16-8-13(17)6/h11-16H,7-10H2,1-6H3. The largest absolute Gasteiger partial charge is 0.380 e. The minimum absolute atomic E-state index is 0.545. The number of piperazine rings is 1. The van der Waals surface area contributed by atoms with Gasteiger partial charge in [0.2, 0.25) is 0 Å². The molecule has 1 saturated heterocycles. The fraction of sp³-hybridized carbons (Fsp3) is 1.00. The van der Waals surface area contributed by atoms with Gasteiger partial charge in [-0.3, -0.25) is 4.90 Å². The van der Waals surface area contributed by atoms with Crippen LogP contribution in [0.1, 0.15) is 41.5 Å². The van der Waals surface area contributed by atoms with Gasteiger partial charge >= 0.3 is 0 Å². The third kappa shape index (κ3) is 4.22. The molecule has 18 heavy (non-hydrogen) atoms. The molecule has 0 spiro atoms. The molecule has 1 fully saturated rings. The number of nitrogens with zero attached hydrogens (tertiary/aromatic N) is 1. The van der Waals surface area contributed by atoms with Crippen molar-refractivity contribution in [1.29, 1.82) is 0 Å². The van der Waals surface area contributed by atoms with Gasteiger partial charge in [-0.15, -0.1) is 0 Å². The zero-order chi connectivity index (χ0) is 13.7. The van der Waals surface area contributed by atoms with E-state index in [1.54, 1.807) is 0 Å². The van der Waals surface area contributed by atoms with E-state index in [4.69, 9.17) is 4.74 Å². The van der Waals surface area contributed by atoms with Gasteiger partial charge in [0.05, 0.1) is 6.61 Å². The fourth-order valence-electron chi connectivity index (χ4n) is 2.73. The second-order valence-corrected chi connectivity index (χ2v) is 6.28. The van der Waals surface area contributed by atoms with Crippen molar-refractivity contribution in [2.24, 2.45) is 11.8 Å². The highest BCUT2D eigenvalue weighted by Crippen LogP contribution is 2.20. The molecule has 0 aliphatic carbocycles. The van der Waals surface area contributed by atoms with Crippen LogP contribution in [0.15, 0.2) is 0 Å². The first-order valence-electron chi connectivity index (χ1n) is 7.54. The van der Waals surface area contributed by atoms with E-state index in [1.165, 1.54) is 0 Å². The Labute approximate surface area is 113 Å². The molecule has 0 bridgehead atoms. The average molecular weight is 256 g/mol. The summed E-state index contributed by atoms with van der Waals surface area (Å²) in [6.45, 7) is 17.6. The van der Waals surface area contributed by atoms with Crippen LogP contribution in [0.25, 0.3) is 0 Å². The quantitative estimate of drug-likeness (QED) is 0.789. The van der Waals surface area contributed by atoms with Gasteiger partial charge in [0, 0.05) is 37.8 Å². The maximum absolute atomic E-state index is 5.69. The van der Waals surface area contributed by atoms with Crippen LogP contribution in [-0.2, 0) is 4.74 Å². The van der Waals surface area contributed by atoms with Gasteiger partial charge in [-0.2, -0.15) is 0 Å². The van der Waals surface area contributed by atoms with Crippen LogP contribution < -0.4 is 5.32 Å². The van der Waals surface area contributed by atoms with Crippen molar-refractivity contribution < 1.29 is 4.74 Å². The summed E-state index contributed by atoms with van der Waals surface area (Å²) in [5.41, 5.74) is 0. The molecule has 0 saturated carbocycles. The summed E-state index contributed by atoms with van der Waals surface area (Å²) in [5, 5.41) is 3.67. The van der Waals surface area contributed by atoms with E-state index >= 15 is 0 Å². The number of hydrogen-bond donors (Lipinski definition) is 1. The first-order chi connectivity index (χ1) is 8.47. The topological polar surface area (TPSA) is 24.5 Å². The zero-order valence-corrected chi connectivity index (χ0v) is 13.1. The third-order valence-electron chi connectivity index (χ3n) is 4.14. The molecule has 0 aromatic rings. The molecule has 3 atom stereocenters. The van der Waals surface area contributed by atoms with Crippen molar-refractivity contribution in [3.05, 3.63) is 0 Å². The first kappa shape index (κ1) is 15.9. The molecule has 3 unspecified atom stereocenters. The van der Waals surface area contributed by atoms with E-state index in [1.807, 2.05) is 0 Å². The molecule has 1 N–H and O–H groups in total. The smallest absolute Gasteiger partial charge is 0.0624 e. The van der Waals surface area contributed by atoms with E-state index in [0.29, 0.717) is 30.0 Å². The molecule has 0 aromatic heterocycles. The van der Waals surface area contributed by atoms with Gasteiger partial charge in [-0.25, -0.2) is 0 Å². The monoisotopic (exact) mass is 256 g/mol. The molecule has 1 rings (SSSR count). The summed E-state index contributed by atoms with van der Waals surface area (Å²) in [4.78, 5) is 2.65. The van der Waals surface area contributed by atoms with Crippen LogP contribution in [0.4, 0.5) is 0 Å². The second kappa shape index (κ2) is 7.46. The van der Waals surface area contributed by atoms with Gasteiger partial charge in [-0.1, -0.05) is 27.7 Å². The van der Waals surface area contributed by atoms with Crippen molar-refractivity contribution in [2.45, 2.75) is 59.7 Å². The minimum Gasteiger partial charge on any atom is -0.380 e. The maximum atomic E-state index is 5.69. The first-order valence-corrected chi connectivity index (χ1v) is 7.54. The Morgan fingerprint density at radius 3 is 2.44 bits per heavy atom. The summed E-state index contributed by atoms with van der Waals surface area (Å²) in [5.74, 6) is 1.34. The molecule has 1 aliphatic heterocycles. The van der Waals surface area contributed by atoms with Crippen LogP contribution in [0.2, 0.25) is 0 Å². The summed E-state index contributed by atoms with van der Waals surface area (Å²) in [7, 11) is 0. The van der Waals surface area contributed by atoms with Crippen molar-refractivity contribution in [3.63, 3.8) is 0 Å². The highest BCUT2D eigenvalue weighted by atomic mass is 16.5. The molecule has 3 nitrogen and oxygen atoms in total. The summed E-state index contributed by atoms with van der Waals surface area (Å²) in [6.07, 6.45) is 0. The van der Waals surface area contributed by atoms with Crippen molar-refractivity contribution in [1.82, 2.24) is 10.2 Å². The average Bonchev–Trinajstić information content (AvgIpc) is 2.31. The molecule has 0 aromatic carbocycles. The molecule has 1 aliphatic rings. The predicted molar refractivity (Wildman–Crippen MR) is 77.9 cm³/mol. The molecule has 108 valence electrons. The van der Waals surface area contributed by atoms with Gasteiger partial charge in [-0.05, 0) is 25.7 Å². The summed E-state index contributed by atoms with van der Waals surface area (Å²) >= 11 is 0. The number of rotatable bonds is 6. The normalized spacial score (nSPS) is 28.0. The number of hydrogen-bond acceptors (Lipinski definition) is 3. The highest BCUT2D eigenvalue weighted by Gasteiger charge is 2.32. The van der Waals surface area contributed by atoms with Gasteiger partial charge in [0.25, 0.3) is 0 Å². The predicted octanol–water partition coefficient (Wildman–Crippen LogP) is 2.37. The van der Waals surface area contributed by atoms with E-state index < -0.39 is 0 Å². The van der Waals surface area contributed by atoms with E-state index in [0.717, 1.165) is 26.3 Å². The Morgan fingerprint density at radius 2 is 1.94 bits per heavy atom. The van der Waals surface area contributed by atoms with Crippen molar-refractivity contribution in [2.75, 3.05) is 26.3 Å². The van der Waals surface area contributed by atoms with E-state index in [2.05, 4.69) is 51.8 Å². The van der Waals surface area contributed by atoms with Crippen LogP contribution in [0, 0.1) is 11.8 Å². The minimum atomic E-state index is 0.545. The van der Waals surface area contributed by atoms with Gasteiger partial charge in [0.1, 0.15) is 0 Å². The SMILES string of the molecule is CCOCC(C(C)C)N1CC(C(C)C)NCC1C. The molecular weight excluding hydrogens is 224 g/mol. The van der Waals surface area contributed by atoms with Crippen molar-refractivity contribution >= 4 is 0 Å². The lowest BCUT2D eigenvalue weighted by atomic mass is 9.95. The number of nitrogens with one attached hydrogen (secondary N) is 1. The summed E-state index contributed by atoms with van der Waals surface area (Å²) in [6, 6.07) is 1.76. The number of ether oxygens (including phenoxy) is 1. The Kier molecular flexibility index (Phi) is 6.61. The molecular formula is C15H32N2O. The van der Waals surface area contributed by atoms with E-state index in [-0.39, 0.29) is 0 Å². The molecule has 1 heterocycles. The lowest BCUT2D eigenvalue weighted by Crippen LogP contribution is -2.61. The molecule has 0 radical (unpaired) electrons. The van der Waals surface area contributed by atoms with Crippen LogP contribution in [0.5, 0.6) is 0 Å². The zero-order valence-electron chi connectivity index (χ0n) is 13.1. The second-order valence-electron chi connectivity index (χ2n) is 6.28.